The van der Waals surface area contributed by atoms with E-state index in [-0.39, 0.29) is 6.04 Å². The van der Waals surface area contributed by atoms with Crippen LogP contribution in [0.5, 0.6) is 0 Å². The molecule has 0 aliphatic carbocycles. The third kappa shape index (κ3) is 4.23. The topological polar surface area (TPSA) is 55.1 Å². The van der Waals surface area contributed by atoms with Crippen LogP contribution in [0.1, 0.15) is 37.9 Å². The number of benzene rings is 1. The van der Waals surface area contributed by atoms with Crippen LogP contribution in [0.25, 0.3) is 0 Å². The van der Waals surface area contributed by atoms with Crippen molar-refractivity contribution in [2.45, 2.75) is 33.0 Å². The van der Waals surface area contributed by atoms with Crippen LogP contribution in [0, 0.1) is 5.41 Å². The molecule has 6 heteroatoms. The van der Waals surface area contributed by atoms with Gasteiger partial charge in [0.2, 0.25) is 5.91 Å². The highest BCUT2D eigenvalue weighted by atomic mass is 19.4. The van der Waals surface area contributed by atoms with Gasteiger partial charge in [-0.2, -0.15) is 13.2 Å². The van der Waals surface area contributed by atoms with Gasteiger partial charge in [-0.25, -0.2) is 0 Å². The molecule has 1 amide bonds. The molecular formula is C14H19F3N2O. The number of amides is 1. The maximum atomic E-state index is 12.6. The van der Waals surface area contributed by atoms with E-state index in [1.165, 1.54) is 6.07 Å². The molecule has 1 atom stereocenters. The number of carbonyl (C=O) groups excluding carboxylic acids is 1. The zero-order chi connectivity index (χ0) is 15.6. The molecular weight excluding hydrogens is 269 g/mol. The van der Waals surface area contributed by atoms with Crippen molar-refractivity contribution >= 4 is 5.91 Å². The van der Waals surface area contributed by atoms with Gasteiger partial charge in [-0.05, 0) is 38.5 Å². The average Bonchev–Trinajstić information content (AvgIpc) is 2.35. The summed E-state index contributed by atoms with van der Waals surface area (Å²) < 4.78 is 37.9. The van der Waals surface area contributed by atoms with Gasteiger partial charge in [-0.1, -0.05) is 12.1 Å². The second-order valence-corrected chi connectivity index (χ2v) is 5.47. The van der Waals surface area contributed by atoms with Gasteiger partial charge < -0.3 is 11.1 Å². The Morgan fingerprint density at radius 3 is 2.45 bits per heavy atom. The molecule has 0 saturated heterocycles. The molecule has 0 aliphatic rings. The molecule has 3 nitrogen and oxygen atoms in total. The highest BCUT2D eigenvalue weighted by Gasteiger charge is 2.31. The largest absolute Gasteiger partial charge is 0.416 e. The number of nitrogens with one attached hydrogen (secondary N) is 1. The lowest BCUT2D eigenvalue weighted by atomic mass is 9.92. The van der Waals surface area contributed by atoms with Crippen LogP contribution >= 0.6 is 0 Å². The maximum Gasteiger partial charge on any atom is 0.416 e. The van der Waals surface area contributed by atoms with Crippen LogP contribution in [-0.2, 0) is 11.0 Å². The number of alkyl halides is 3. The van der Waals surface area contributed by atoms with Crippen LogP contribution in [0.3, 0.4) is 0 Å². The van der Waals surface area contributed by atoms with Crippen LogP contribution in [0.4, 0.5) is 13.2 Å². The van der Waals surface area contributed by atoms with Crippen molar-refractivity contribution in [3.05, 3.63) is 35.4 Å². The molecule has 0 saturated carbocycles. The van der Waals surface area contributed by atoms with E-state index in [0.717, 1.165) is 12.1 Å². The Balaban J connectivity index is 2.79. The lowest BCUT2D eigenvalue weighted by Gasteiger charge is -2.24. The molecule has 0 heterocycles. The summed E-state index contributed by atoms with van der Waals surface area (Å²) in [6.07, 6.45) is -4.36. The van der Waals surface area contributed by atoms with Crippen molar-refractivity contribution in [1.29, 1.82) is 0 Å². The number of carbonyl (C=O) groups is 1. The second-order valence-electron chi connectivity index (χ2n) is 5.47. The number of primary amides is 1. The van der Waals surface area contributed by atoms with Gasteiger partial charge in [0.1, 0.15) is 0 Å². The summed E-state index contributed by atoms with van der Waals surface area (Å²) in [5, 5.41) is 3.03. The minimum atomic E-state index is -4.36. The standard InChI is InChI=1S/C14H19F3N2O/c1-9(19-8-13(2,3)12(18)20)10-5-4-6-11(7-10)14(15,16)17/h4-7,9,19H,8H2,1-3H3,(H2,18,20). The molecule has 0 aliphatic heterocycles. The van der Waals surface area contributed by atoms with Crippen molar-refractivity contribution in [2.75, 3.05) is 6.54 Å². The monoisotopic (exact) mass is 288 g/mol. The fourth-order valence-electron chi connectivity index (χ4n) is 1.60. The van der Waals surface area contributed by atoms with Crippen molar-refractivity contribution in [2.24, 2.45) is 11.1 Å². The van der Waals surface area contributed by atoms with Gasteiger partial charge in [-0.3, -0.25) is 4.79 Å². The van der Waals surface area contributed by atoms with E-state index < -0.39 is 23.1 Å². The van der Waals surface area contributed by atoms with Crippen LogP contribution in [0.15, 0.2) is 24.3 Å². The molecule has 1 rings (SSSR count). The van der Waals surface area contributed by atoms with Gasteiger partial charge in [0.05, 0.1) is 11.0 Å². The summed E-state index contributed by atoms with van der Waals surface area (Å²) in [5.41, 5.74) is 4.33. The van der Waals surface area contributed by atoms with E-state index in [1.54, 1.807) is 26.8 Å². The number of hydrogen-bond donors (Lipinski definition) is 2. The molecule has 1 aromatic rings. The molecule has 0 aromatic heterocycles. The van der Waals surface area contributed by atoms with Gasteiger partial charge in [0.15, 0.2) is 0 Å². The first-order valence-electron chi connectivity index (χ1n) is 6.24. The minimum absolute atomic E-state index is 0.291. The molecule has 0 fully saturated rings. The molecule has 0 radical (unpaired) electrons. The lowest BCUT2D eigenvalue weighted by Crippen LogP contribution is -2.41. The zero-order valence-electron chi connectivity index (χ0n) is 11.7. The Labute approximate surface area is 116 Å². The Kier molecular flexibility index (Phi) is 4.81. The number of rotatable bonds is 5. The Morgan fingerprint density at radius 1 is 1.35 bits per heavy atom. The molecule has 1 aromatic carbocycles. The number of nitrogens with two attached hydrogens (primary N) is 1. The smallest absolute Gasteiger partial charge is 0.369 e. The Morgan fingerprint density at radius 2 is 1.95 bits per heavy atom. The molecule has 1 unspecified atom stereocenters. The normalized spacial score (nSPS) is 14.1. The quantitative estimate of drug-likeness (QED) is 0.875. The molecule has 0 bridgehead atoms. The third-order valence-corrected chi connectivity index (χ3v) is 3.23. The maximum absolute atomic E-state index is 12.6. The SMILES string of the molecule is CC(NCC(C)(C)C(N)=O)c1cccc(C(F)(F)F)c1. The molecule has 0 spiro atoms. The number of halogens is 3. The minimum Gasteiger partial charge on any atom is -0.369 e. The third-order valence-electron chi connectivity index (χ3n) is 3.23. The van der Waals surface area contributed by atoms with Crippen molar-refractivity contribution in [3.63, 3.8) is 0 Å². The van der Waals surface area contributed by atoms with Crippen LogP contribution in [-0.4, -0.2) is 12.5 Å². The first-order valence-corrected chi connectivity index (χ1v) is 6.24. The van der Waals surface area contributed by atoms with E-state index >= 15 is 0 Å². The van der Waals surface area contributed by atoms with E-state index in [2.05, 4.69) is 5.32 Å². The first-order chi connectivity index (χ1) is 9.04. The molecule has 112 valence electrons. The summed E-state index contributed by atoms with van der Waals surface area (Å²) in [5.74, 6) is -0.457. The molecule has 20 heavy (non-hydrogen) atoms. The number of hydrogen-bond acceptors (Lipinski definition) is 2. The predicted molar refractivity (Wildman–Crippen MR) is 70.8 cm³/mol. The van der Waals surface area contributed by atoms with E-state index in [4.69, 9.17) is 5.73 Å². The van der Waals surface area contributed by atoms with Gasteiger partial charge >= 0.3 is 6.18 Å². The van der Waals surface area contributed by atoms with Crippen molar-refractivity contribution in [3.8, 4) is 0 Å². The van der Waals surface area contributed by atoms with Crippen LogP contribution < -0.4 is 11.1 Å². The summed E-state index contributed by atoms with van der Waals surface area (Å²) in [6, 6.07) is 4.81. The predicted octanol–water partition coefficient (Wildman–Crippen LogP) is 2.87. The van der Waals surface area contributed by atoms with E-state index in [9.17, 15) is 18.0 Å². The van der Waals surface area contributed by atoms with E-state index in [0.29, 0.717) is 12.1 Å². The fourth-order valence-corrected chi connectivity index (χ4v) is 1.60. The highest BCUT2D eigenvalue weighted by molar-refractivity contribution is 5.80. The fraction of sp³-hybridized carbons (Fsp3) is 0.500. The average molecular weight is 288 g/mol. The summed E-state index contributed by atoms with van der Waals surface area (Å²) >= 11 is 0. The summed E-state index contributed by atoms with van der Waals surface area (Å²) in [7, 11) is 0. The Hall–Kier alpha value is -1.56. The van der Waals surface area contributed by atoms with Crippen molar-refractivity contribution < 1.29 is 18.0 Å². The summed E-state index contributed by atoms with van der Waals surface area (Å²) in [6.45, 7) is 5.40. The first kappa shape index (κ1) is 16.5. The summed E-state index contributed by atoms with van der Waals surface area (Å²) in [4.78, 5) is 11.2. The van der Waals surface area contributed by atoms with Gasteiger partial charge in [-0.15, -0.1) is 0 Å². The Bertz CT molecular complexity index is 484. The van der Waals surface area contributed by atoms with E-state index in [1.807, 2.05) is 0 Å². The zero-order valence-corrected chi connectivity index (χ0v) is 11.7. The lowest BCUT2D eigenvalue weighted by molar-refractivity contribution is -0.137. The molecule has 3 N–H and O–H groups in total. The second kappa shape index (κ2) is 5.83. The van der Waals surface area contributed by atoms with Crippen molar-refractivity contribution in [1.82, 2.24) is 5.32 Å². The van der Waals surface area contributed by atoms with Crippen LogP contribution in [0.2, 0.25) is 0 Å². The van der Waals surface area contributed by atoms with Gasteiger partial charge in [0, 0.05) is 12.6 Å². The highest BCUT2D eigenvalue weighted by Crippen LogP contribution is 2.30. The van der Waals surface area contributed by atoms with Gasteiger partial charge in [0.25, 0.3) is 0 Å².